The first-order valence-corrected chi connectivity index (χ1v) is 6.95. The van der Waals surface area contributed by atoms with Crippen LogP contribution < -0.4 is 15.4 Å². The molecule has 0 aliphatic carbocycles. The van der Waals surface area contributed by atoms with E-state index in [2.05, 4.69) is 16.7 Å². The Bertz CT molecular complexity index is 456. The summed E-state index contributed by atoms with van der Waals surface area (Å²) in [6.07, 6.45) is 2.91. The predicted molar refractivity (Wildman–Crippen MR) is 73.2 cm³/mol. The van der Waals surface area contributed by atoms with E-state index >= 15 is 0 Å². The SMILES string of the molecule is CC1(C(=O)NCC2Cc3ccccc3O2)CCCN1. The third-order valence-electron chi connectivity index (χ3n) is 4.07. The summed E-state index contributed by atoms with van der Waals surface area (Å²) in [6, 6.07) is 8.06. The van der Waals surface area contributed by atoms with Crippen LogP contribution in [-0.2, 0) is 11.2 Å². The number of para-hydroxylation sites is 1. The molecule has 4 heteroatoms. The Balaban J connectivity index is 1.53. The molecule has 4 nitrogen and oxygen atoms in total. The van der Waals surface area contributed by atoms with Crippen molar-refractivity contribution in [2.24, 2.45) is 0 Å². The first-order valence-electron chi connectivity index (χ1n) is 6.95. The van der Waals surface area contributed by atoms with E-state index in [9.17, 15) is 4.79 Å². The number of carbonyl (C=O) groups is 1. The molecule has 2 N–H and O–H groups in total. The molecule has 2 aliphatic heterocycles. The summed E-state index contributed by atoms with van der Waals surface area (Å²) in [7, 11) is 0. The van der Waals surface area contributed by atoms with E-state index in [4.69, 9.17) is 4.74 Å². The Morgan fingerprint density at radius 2 is 2.37 bits per heavy atom. The van der Waals surface area contributed by atoms with Gasteiger partial charge in [-0.2, -0.15) is 0 Å². The molecule has 0 bridgehead atoms. The molecule has 1 aromatic carbocycles. The van der Waals surface area contributed by atoms with Gasteiger partial charge in [-0.3, -0.25) is 4.79 Å². The standard InChI is InChI=1S/C15H20N2O2/c1-15(7-4-8-17-15)14(18)16-10-12-9-11-5-2-3-6-13(11)19-12/h2-3,5-6,12,17H,4,7-10H2,1H3,(H,16,18). The van der Waals surface area contributed by atoms with Crippen LogP contribution in [-0.4, -0.2) is 30.6 Å². The van der Waals surface area contributed by atoms with Gasteiger partial charge in [-0.05, 0) is 37.9 Å². The van der Waals surface area contributed by atoms with Gasteiger partial charge < -0.3 is 15.4 Å². The lowest BCUT2D eigenvalue weighted by Gasteiger charge is -2.24. The van der Waals surface area contributed by atoms with E-state index in [-0.39, 0.29) is 12.0 Å². The maximum atomic E-state index is 12.2. The number of benzene rings is 1. The molecule has 0 radical (unpaired) electrons. The Morgan fingerprint density at radius 3 is 3.11 bits per heavy atom. The quantitative estimate of drug-likeness (QED) is 0.860. The second-order valence-corrected chi connectivity index (χ2v) is 5.62. The molecule has 0 spiro atoms. The Morgan fingerprint density at radius 1 is 1.53 bits per heavy atom. The van der Waals surface area contributed by atoms with E-state index in [0.29, 0.717) is 6.54 Å². The highest BCUT2D eigenvalue weighted by Gasteiger charge is 2.36. The van der Waals surface area contributed by atoms with Crippen molar-refractivity contribution >= 4 is 5.91 Å². The molecule has 1 saturated heterocycles. The molecular formula is C15H20N2O2. The number of hydrogen-bond donors (Lipinski definition) is 2. The molecule has 2 unspecified atom stereocenters. The van der Waals surface area contributed by atoms with Crippen LogP contribution in [0.4, 0.5) is 0 Å². The number of fused-ring (bicyclic) bond motifs is 1. The minimum Gasteiger partial charge on any atom is -0.488 e. The number of ether oxygens (including phenoxy) is 1. The fraction of sp³-hybridized carbons (Fsp3) is 0.533. The van der Waals surface area contributed by atoms with Crippen molar-refractivity contribution in [3.63, 3.8) is 0 Å². The number of hydrogen-bond acceptors (Lipinski definition) is 3. The monoisotopic (exact) mass is 260 g/mol. The molecule has 0 aromatic heterocycles. The third kappa shape index (κ3) is 2.45. The molecule has 3 rings (SSSR count). The van der Waals surface area contributed by atoms with Gasteiger partial charge in [0.15, 0.2) is 0 Å². The average Bonchev–Trinajstić information content (AvgIpc) is 3.02. The summed E-state index contributed by atoms with van der Waals surface area (Å²) >= 11 is 0. The Labute approximate surface area is 113 Å². The van der Waals surface area contributed by atoms with Crippen LogP contribution in [0.3, 0.4) is 0 Å². The highest BCUT2D eigenvalue weighted by molar-refractivity contribution is 5.86. The average molecular weight is 260 g/mol. The van der Waals surface area contributed by atoms with Crippen molar-refractivity contribution in [2.75, 3.05) is 13.1 Å². The van der Waals surface area contributed by atoms with Gasteiger partial charge in [0.25, 0.3) is 0 Å². The van der Waals surface area contributed by atoms with Gasteiger partial charge in [0.05, 0.1) is 12.1 Å². The molecule has 19 heavy (non-hydrogen) atoms. The van der Waals surface area contributed by atoms with Gasteiger partial charge in [-0.15, -0.1) is 0 Å². The zero-order valence-electron chi connectivity index (χ0n) is 11.2. The fourth-order valence-corrected chi connectivity index (χ4v) is 2.86. The Hall–Kier alpha value is -1.55. The molecule has 1 amide bonds. The number of nitrogens with one attached hydrogen (secondary N) is 2. The number of rotatable bonds is 3. The van der Waals surface area contributed by atoms with E-state index < -0.39 is 5.54 Å². The topological polar surface area (TPSA) is 50.4 Å². The minimum absolute atomic E-state index is 0.0614. The first kappa shape index (κ1) is 12.5. The lowest BCUT2D eigenvalue weighted by atomic mass is 9.99. The van der Waals surface area contributed by atoms with E-state index in [1.165, 1.54) is 5.56 Å². The summed E-state index contributed by atoms with van der Waals surface area (Å²) in [5, 5.41) is 6.29. The lowest BCUT2D eigenvalue weighted by molar-refractivity contribution is -0.126. The van der Waals surface area contributed by atoms with E-state index in [0.717, 1.165) is 31.6 Å². The summed E-state index contributed by atoms with van der Waals surface area (Å²) in [5.41, 5.74) is 0.831. The molecule has 102 valence electrons. The van der Waals surface area contributed by atoms with E-state index in [1.807, 2.05) is 25.1 Å². The van der Waals surface area contributed by atoms with Crippen LogP contribution in [0.2, 0.25) is 0 Å². The van der Waals surface area contributed by atoms with Gasteiger partial charge in [0, 0.05) is 6.42 Å². The largest absolute Gasteiger partial charge is 0.488 e. The van der Waals surface area contributed by atoms with Gasteiger partial charge in [0.1, 0.15) is 11.9 Å². The molecular weight excluding hydrogens is 240 g/mol. The fourth-order valence-electron chi connectivity index (χ4n) is 2.86. The van der Waals surface area contributed by atoms with Crippen LogP contribution in [0.5, 0.6) is 5.75 Å². The molecule has 0 saturated carbocycles. The maximum absolute atomic E-state index is 12.2. The molecule has 1 fully saturated rings. The molecule has 2 atom stereocenters. The van der Waals surface area contributed by atoms with Crippen LogP contribution in [0.1, 0.15) is 25.3 Å². The van der Waals surface area contributed by atoms with Gasteiger partial charge in [-0.1, -0.05) is 18.2 Å². The zero-order chi connectivity index (χ0) is 13.3. The maximum Gasteiger partial charge on any atom is 0.240 e. The van der Waals surface area contributed by atoms with Crippen molar-refractivity contribution < 1.29 is 9.53 Å². The van der Waals surface area contributed by atoms with Crippen molar-refractivity contribution in [1.29, 1.82) is 0 Å². The molecule has 2 heterocycles. The van der Waals surface area contributed by atoms with Gasteiger partial charge in [-0.25, -0.2) is 0 Å². The first-order chi connectivity index (χ1) is 9.17. The van der Waals surface area contributed by atoms with Crippen LogP contribution in [0.25, 0.3) is 0 Å². The second kappa shape index (κ2) is 4.85. The smallest absolute Gasteiger partial charge is 0.240 e. The summed E-state index contributed by atoms with van der Waals surface area (Å²) < 4.78 is 5.82. The predicted octanol–water partition coefficient (Wildman–Crippen LogP) is 1.25. The summed E-state index contributed by atoms with van der Waals surface area (Å²) in [6.45, 7) is 3.47. The number of carbonyl (C=O) groups excluding carboxylic acids is 1. The van der Waals surface area contributed by atoms with Crippen LogP contribution in [0.15, 0.2) is 24.3 Å². The van der Waals surface area contributed by atoms with Crippen LogP contribution >= 0.6 is 0 Å². The zero-order valence-corrected chi connectivity index (χ0v) is 11.2. The van der Waals surface area contributed by atoms with Crippen molar-refractivity contribution in [1.82, 2.24) is 10.6 Å². The summed E-state index contributed by atoms with van der Waals surface area (Å²) in [4.78, 5) is 12.2. The summed E-state index contributed by atoms with van der Waals surface area (Å²) in [5.74, 6) is 1.04. The lowest BCUT2D eigenvalue weighted by Crippen LogP contribution is -2.52. The second-order valence-electron chi connectivity index (χ2n) is 5.62. The highest BCUT2D eigenvalue weighted by Crippen LogP contribution is 2.28. The molecule has 1 aromatic rings. The van der Waals surface area contributed by atoms with Crippen molar-refractivity contribution in [2.45, 2.75) is 37.8 Å². The highest BCUT2D eigenvalue weighted by atomic mass is 16.5. The Kier molecular flexibility index (Phi) is 3.19. The normalized spacial score (nSPS) is 28.8. The van der Waals surface area contributed by atoms with Crippen LogP contribution in [0, 0.1) is 0 Å². The minimum atomic E-state index is -0.397. The van der Waals surface area contributed by atoms with Gasteiger partial charge >= 0.3 is 0 Å². The van der Waals surface area contributed by atoms with Crippen molar-refractivity contribution in [3.8, 4) is 5.75 Å². The van der Waals surface area contributed by atoms with E-state index in [1.54, 1.807) is 0 Å². The van der Waals surface area contributed by atoms with Crippen molar-refractivity contribution in [3.05, 3.63) is 29.8 Å². The number of amides is 1. The third-order valence-corrected chi connectivity index (χ3v) is 4.07. The van der Waals surface area contributed by atoms with Gasteiger partial charge in [0.2, 0.25) is 5.91 Å². The molecule has 2 aliphatic rings.